The highest BCUT2D eigenvalue weighted by atomic mass is 16.5. The molecule has 0 fully saturated rings. The smallest absolute Gasteiger partial charge is 0.280 e. The minimum atomic E-state index is -0.360. The monoisotopic (exact) mass is 362 g/mol. The van der Waals surface area contributed by atoms with E-state index < -0.39 is 0 Å². The molecule has 1 aromatic heterocycles. The number of methoxy groups -OCH3 is 1. The van der Waals surface area contributed by atoms with Crippen LogP contribution < -0.4 is 15.4 Å². The summed E-state index contributed by atoms with van der Waals surface area (Å²) in [5.41, 5.74) is 3.46. The van der Waals surface area contributed by atoms with Crippen LogP contribution in [0.2, 0.25) is 0 Å². The summed E-state index contributed by atoms with van der Waals surface area (Å²) in [5.74, 6) is 0.0402. The van der Waals surface area contributed by atoms with Crippen LogP contribution in [0.4, 0.5) is 11.4 Å². The molecule has 136 valence electrons. The summed E-state index contributed by atoms with van der Waals surface area (Å²) in [6, 6.07) is 14.9. The van der Waals surface area contributed by atoms with Gasteiger partial charge in [-0.05, 0) is 42.3 Å². The van der Waals surface area contributed by atoms with Crippen molar-refractivity contribution >= 4 is 23.2 Å². The second-order valence-corrected chi connectivity index (χ2v) is 6.20. The Morgan fingerprint density at radius 1 is 1.19 bits per heavy atom. The number of anilines is 2. The largest absolute Gasteiger partial charge is 0.493 e. The van der Waals surface area contributed by atoms with E-state index in [1.54, 1.807) is 23.0 Å². The van der Waals surface area contributed by atoms with Gasteiger partial charge >= 0.3 is 0 Å². The maximum absolute atomic E-state index is 12.7. The number of aromatic nitrogens is 2. The van der Waals surface area contributed by atoms with Crippen molar-refractivity contribution in [1.29, 1.82) is 0 Å². The highest BCUT2D eigenvalue weighted by molar-refractivity contribution is 6.05. The summed E-state index contributed by atoms with van der Waals surface area (Å²) < 4.78 is 6.92. The lowest BCUT2D eigenvalue weighted by atomic mass is 10.0. The molecule has 4 rings (SSSR count). The van der Waals surface area contributed by atoms with E-state index in [1.807, 2.05) is 36.4 Å². The molecular formula is C20H18N4O3. The van der Waals surface area contributed by atoms with Gasteiger partial charge in [0.2, 0.25) is 5.91 Å². The maximum Gasteiger partial charge on any atom is 0.280 e. The van der Waals surface area contributed by atoms with E-state index in [-0.39, 0.29) is 17.5 Å². The van der Waals surface area contributed by atoms with Crippen LogP contribution >= 0.6 is 0 Å². The molecule has 0 unspecified atom stereocenters. The molecule has 0 spiro atoms. The summed E-state index contributed by atoms with van der Waals surface area (Å²) in [7, 11) is 1.50. The molecule has 2 N–H and O–H groups in total. The van der Waals surface area contributed by atoms with E-state index in [9.17, 15) is 9.59 Å². The molecule has 0 saturated carbocycles. The number of ether oxygens (including phenoxy) is 1. The molecular weight excluding hydrogens is 344 g/mol. The highest BCUT2D eigenvalue weighted by Crippen LogP contribution is 2.27. The second-order valence-electron chi connectivity index (χ2n) is 6.20. The lowest BCUT2D eigenvalue weighted by Gasteiger charge is -2.17. The number of nitrogens with one attached hydrogen (secondary N) is 2. The Hall–Kier alpha value is -3.61. The molecule has 0 saturated heterocycles. The van der Waals surface area contributed by atoms with Crippen LogP contribution in [0.15, 0.2) is 54.7 Å². The van der Waals surface area contributed by atoms with Gasteiger partial charge in [0.25, 0.3) is 5.91 Å². The predicted octanol–water partition coefficient (Wildman–Crippen LogP) is 3.02. The van der Waals surface area contributed by atoms with Crippen molar-refractivity contribution in [3.05, 3.63) is 66.0 Å². The van der Waals surface area contributed by atoms with E-state index in [0.717, 1.165) is 16.9 Å². The molecule has 7 heteroatoms. The SMILES string of the molecule is COc1cn(-c2ccccc2)nc1C(=O)Nc1ccc2c(c1)CCC(=O)N2. The molecule has 2 amide bonds. The number of hydrogen-bond donors (Lipinski definition) is 2. The molecule has 27 heavy (non-hydrogen) atoms. The Morgan fingerprint density at radius 2 is 2.00 bits per heavy atom. The fourth-order valence-electron chi connectivity index (χ4n) is 3.03. The van der Waals surface area contributed by atoms with Crippen LogP contribution in [-0.4, -0.2) is 28.7 Å². The number of benzene rings is 2. The fraction of sp³-hybridized carbons (Fsp3) is 0.150. The predicted molar refractivity (Wildman–Crippen MR) is 101 cm³/mol. The number of carbonyl (C=O) groups is 2. The van der Waals surface area contributed by atoms with Gasteiger partial charge in [0.1, 0.15) is 0 Å². The zero-order valence-corrected chi connectivity index (χ0v) is 14.7. The van der Waals surface area contributed by atoms with Crippen LogP contribution in [0.25, 0.3) is 5.69 Å². The summed E-state index contributed by atoms with van der Waals surface area (Å²) >= 11 is 0. The Balaban J connectivity index is 1.58. The maximum atomic E-state index is 12.7. The molecule has 0 bridgehead atoms. The van der Waals surface area contributed by atoms with E-state index in [4.69, 9.17) is 4.74 Å². The minimum Gasteiger partial charge on any atom is -0.493 e. The zero-order chi connectivity index (χ0) is 18.8. The van der Waals surface area contributed by atoms with Gasteiger partial charge in [-0.2, -0.15) is 5.10 Å². The molecule has 0 aliphatic carbocycles. The first kappa shape index (κ1) is 16.8. The van der Waals surface area contributed by atoms with Gasteiger partial charge in [0, 0.05) is 17.8 Å². The number of rotatable bonds is 4. The van der Waals surface area contributed by atoms with Gasteiger partial charge in [0.15, 0.2) is 11.4 Å². The lowest BCUT2D eigenvalue weighted by molar-refractivity contribution is -0.116. The first-order valence-corrected chi connectivity index (χ1v) is 8.57. The van der Waals surface area contributed by atoms with Crippen molar-refractivity contribution in [1.82, 2.24) is 9.78 Å². The molecule has 0 radical (unpaired) electrons. The van der Waals surface area contributed by atoms with Gasteiger partial charge < -0.3 is 15.4 Å². The first-order chi connectivity index (χ1) is 13.1. The van der Waals surface area contributed by atoms with Crippen molar-refractivity contribution in [3.63, 3.8) is 0 Å². The van der Waals surface area contributed by atoms with Crippen molar-refractivity contribution in [2.75, 3.05) is 17.7 Å². The van der Waals surface area contributed by atoms with Crippen LogP contribution in [0.5, 0.6) is 5.75 Å². The minimum absolute atomic E-state index is 0.00970. The van der Waals surface area contributed by atoms with E-state index in [2.05, 4.69) is 15.7 Å². The van der Waals surface area contributed by atoms with Crippen LogP contribution in [0.1, 0.15) is 22.5 Å². The molecule has 0 atom stereocenters. The average molecular weight is 362 g/mol. The number of fused-ring (bicyclic) bond motifs is 1. The number of amides is 2. The van der Waals surface area contributed by atoms with Crippen molar-refractivity contribution in [2.24, 2.45) is 0 Å². The third-order valence-electron chi connectivity index (χ3n) is 4.39. The second kappa shape index (κ2) is 6.95. The average Bonchev–Trinajstić information content (AvgIpc) is 3.13. The number of hydrogen-bond acceptors (Lipinski definition) is 4. The quantitative estimate of drug-likeness (QED) is 0.747. The number of nitrogens with zero attached hydrogens (tertiary/aromatic N) is 2. The summed E-state index contributed by atoms with van der Waals surface area (Å²) in [5, 5.41) is 10.0. The van der Waals surface area contributed by atoms with Gasteiger partial charge in [-0.25, -0.2) is 4.68 Å². The molecule has 1 aliphatic heterocycles. The highest BCUT2D eigenvalue weighted by Gasteiger charge is 2.20. The number of aryl methyl sites for hydroxylation is 1. The topological polar surface area (TPSA) is 85.2 Å². The summed E-state index contributed by atoms with van der Waals surface area (Å²) in [6.07, 6.45) is 2.77. The molecule has 1 aliphatic rings. The number of para-hydroxylation sites is 1. The molecule has 3 aromatic rings. The Kier molecular flexibility index (Phi) is 4.33. The summed E-state index contributed by atoms with van der Waals surface area (Å²) in [6.45, 7) is 0. The van der Waals surface area contributed by atoms with Gasteiger partial charge in [-0.15, -0.1) is 0 Å². The van der Waals surface area contributed by atoms with Crippen LogP contribution in [0.3, 0.4) is 0 Å². The van der Waals surface area contributed by atoms with Crippen molar-refractivity contribution in [3.8, 4) is 11.4 Å². The zero-order valence-electron chi connectivity index (χ0n) is 14.7. The van der Waals surface area contributed by atoms with E-state index in [1.165, 1.54) is 7.11 Å². The molecule has 2 heterocycles. The molecule has 7 nitrogen and oxygen atoms in total. The van der Waals surface area contributed by atoms with Gasteiger partial charge in [-0.3, -0.25) is 9.59 Å². The van der Waals surface area contributed by atoms with Crippen molar-refractivity contribution < 1.29 is 14.3 Å². The Labute approximate surface area is 156 Å². The number of carbonyl (C=O) groups excluding carboxylic acids is 2. The normalized spacial score (nSPS) is 12.9. The third kappa shape index (κ3) is 3.39. The first-order valence-electron chi connectivity index (χ1n) is 8.57. The fourth-order valence-corrected chi connectivity index (χ4v) is 3.03. The Bertz CT molecular complexity index is 1010. The van der Waals surface area contributed by atoms with Gasteiger partial charge in [0.05, 0.1) is 19.0 Å². The van der Waals surface area contributed by atoms with E-state index in [0.29, 0.717) is 24.3 Å². The van der Waals surface area contributed by atoms with Crippen LogP contribution in [-0.2, 0) is 11.2 Å². The Morgan fingerprint density at radius 3 is 2.78 bits per heavy atom. The van der Waals surface area contributed by atoms with E-state index >= 15 is 0 Å². The lowest BCUT2D eigenvalue weighted by Crippen LogP contribution is -2.19. The van der Waals surface area contributed by atoms with Crippen LogP contribution in [0, 0.1) is 0 Å². The summed E-state index contributed by atoms with van der Waals surface area (Å²) in [4.78, 5) is 24.2. The third-order valence-corrected chi connectivity index (χ3v) is 4.39. The standard InChI is InChI=1S/C20H18N4O3/c1-27-17-12-24(15-5-3-2-4-6-15)23-19(17)20(26)21-14-8-9-16-13(11-14)7-10-18(25)22-16/h2-6,8-9,11-12H,7,10H2,1H3,(H,21,26)(H,22,25). The van der Waals surface area contributed by atoms with Crippen molar-refractivity contribution in [2.45, 2.75) is 12.8 Å². The van der Waals surface area contributed by atoms with Gasteiger partial charge in [-0.1, -0.05) is 18.2 Å². The molecule has 2 aromatic carbocycles.